The molecule has 0 radical (unpaired) electrons. The van der Waals surface area contributed by atoms with Crippen LogP contribution in [0.4, 0.5) is 39.5 Å². The van der Waals surface area contributed by atoms with Gasteiger partial charge in [-0.05, 0) is 35.7 Å². The summed E-state index contributed by atoms with van der Waals surface area (Å²) >= 11 is 3.81. The average molecular weight is 359 g/mol. The van der Waals surface area contributed by atoms with Gasteiger partial charge in [-0.15, -0.1) is 0 Å². The fraction of sp³-hybridized carbons (Fsp3) is 0.500. The van der Waals surface area contributed by atoms with Gasteiger partial charge in [0.25, 0.3) is 0 Å². The smallest absolute Gasteiger partial charge is 0.207 e. The molecule has 22 heavy (non-hydrogen) atoms. The molecular formula is C12H8ClF9. The Labute approximate surface area is 123 Å². The molecule has 1 rings (SSSR count). The molecule has 0 N–H and O–H groups in total. The highest BCUT2D eigenvalue weighted by Gasteiger charge is 2.79. The molecule has 0 bridgehead atoms. The van der Waals surface area contributed by atoms with E-state index in [4.69, 9.17) is 0 Å². The zero-order chi connectivity index (χ0) is 17.4. The van der Waals surface area contributed by atoms with Crippen LogP contribution in [0.5, 0.6) is 0 Å². The van der Waals surface area contributed by atoms with Gasteiger partial charge >= 0.3 is 23.1 Å². The highest BCUT2D eigenvalue weighted by Crippen LogP contribution is 2.55. The maximum absolute atomic E-state index is 13.3. The van der Waals surface area contributed by atoms with E-state index in [0.29, 0.717) is 0 Å². The number of hydrogen-bond donors (Lipinski definition) is 0. The molecule has 0 aliphatic rings. The van der Waals surface area contributed by atoms with E-state index in [-0.39, 0.29) is 5.56 Å². The third-order valence-electron chi connectivity index (χ3n) is 2.85. The van der Waals surface area contributed by atoms with Crippen molar-refractivity contribution < 1.29 is 39.5 Å². The molecule has 0 fully saturated rings. The summed E-state index contributed by atoms with van der Waals surface area (Å²) in [7, 11) is 0. The van der Waals surface area contributed by atoms with E-state index in [1.54, 1.807) is 0 Å². The number of benzene rings is 1. The molecule has 0 saturated carbocycles. The molecule has 0 amide bonds. The van der Waals surface area contributed by atoms with Gasteiger partial charge in [-0.25, -0.2) is 4.39 Å². The van der Waals surface area contributed by atoms with Crippen molar-refractivity contribution in [3.63, 3.8) is 0 Å². The lowest BCUT2D eigenvalue weighted by Gasteiger charge is -2.34. The maximum Gasteiger partial charge on any atom is 0.392 e. The molecule has 0 atom stereocenters. The summed E-state index contributed by atoms with van der Waals surface area (Å²) in [5.74, 6) is -19.0. The van der Waals surface area contributed by atoms with Crippen molar-refractivity contribution >= 4 is 11.6 Å². The van der Waals surface area contributed by atoms with Crippen LogP contribution in [0.1, 0.15) is 12.0 Å². The van der Waals surface area contributed by atoms with Gasteiger partial charge in [-0.3, -0.25) is 0 Å². The van der Waals surface area contributed by atoms with Crippen LogP contribution in [0, 0.1) is 5.82 Å². The Morgan fingerprint density at radius 1 is 0.773 bits per heavy atom. The molecule has 126 valence electrons. The summed E-state index contributed by atoms with van der Waals surface area (Å²) < 4.78 is 116. The molecule has 0 heterocycles. The second-order valence-electron chi connectivity index (χ2n) is 4.48. The molecule has 10 heteroatoms. The summed E-state index contributed by atoms with van der Waals surface area (Å²) in [6.45, 7) is 0. The van der Waals surface area contributed by atoms with Gasteiger partial charge in [-0.2, -0.15) is 35.1 Å². The Kier molecular flexibility index (Phi) is 5.01. The van der Waals surface area contributed by atoms with Crippen molar-refractivity contribution in [3.05, 3.63) is 35.6 Å². The summed E-state index contributed by atoms with van der Waals surface area (Å²) in [5, 5.41) is -5.85. The van der Waals surface area contributed by atoms with Crippen LogP contribution in [0.2, 0.25) is 0 Å². The predicted molar refractivity (Wildman–Crippen MR) is 60.4 cm³/mol. The number of rotatable bonds is 6. The summed E-state index contributed by atoms with van der Waals surface area (Å²) in [6.07, 6.45) is -2.71. The van der Waals surface area contributed by atoms with E-state index >= 15 is 0 Å². The molecule has 0 unspecified atom stereocenters. The zero-order valence-corrected chi connectivity index (χ0v) is 11.3. The van der Waals surface area contributed by atoms with Crippen molar-refractivity contribution in [2.24, 2.45) is 0 Å². The Hall–Kier alpha value is -1.12. The van der Waals surface area contributed by atoms with Crippen molar-refractivity contribution in [3.8, 4) is 0 Å². The topological polar surface area (TPSA) is 0 Å². The normalized spacial score (nSPS) is 14.3. The molecular weight excluding hydrogens is 351 g/mol. The van der Waals surface area contributed by atoms with E-state index in [2.05, 4.69) is 11.6 Å². The molecule has 0 nitrogen and oxygen atoms in total. The van der Waals surface area contributed by atoms with Gasteiger partial charge in [0.05, 0.1) is 0 Å². The van der Waals surface area contributed by atoms with Crippen molar-refractivity contribution in [2.45, 2.75) is 36.0 Å². The SMILES string of the molecule is Fc1ccc(CCC(F)(F)C(F)(F)C(F)(F)C(F)(F)Cl)cc1. The zero-order valence-electron chi connectivity index (χ0n) is 10.5. The van der Waals surface area contributed by atoms with E-state index in [0.717, 1.165) is 24.3 Å². The quantitative estimate of drug-likeness (QED) is 0.465. The third kappa shape index (κ3) is 3.44. The second kappa shape index (κ2) is 5.82. The summed E-state index contributed by atoms with van der Waals surface area (Å²) in [5.41, 5.74) is -0.0576. The molecule has 0 spiro atoms. The van der Waals surface area contributed by atoms with Gasteiger partial charge < -0.3 is 0 Å². The van der Waals surface area contributed by atoms with E-state index in [9.17, 15) is 39.5 Å². The molecule has 0 aliphatic heterocycles. The standard InChI is InChI=1S/C12H8ClF9/c13-12(21,22)11(19,20)10(17,18)9(15,16)6-5-7-1-3-8(14)4-2-7/h1-4H,5-6H2. The largest absolute Gasteiger partial charge is 0.392 e. The fourth-order valence-electron chi connectivity index (χ4n) is 1.52. The first-order valence-corrected chi connectivity index (χ1v) is 6.05. The minimum Gasteiger partial charge on any atom is -0.207 e. The van der Waals surface area contributed by atoms with Crippen molar-refractivity contribution in [2.75, 3.05) is 0 Å². The minimum atomic E-state index is -6.45. The second-order valence-corrected chi connectivity index (χ2v) is 4.95. The third-order valence-corrected chi connectivity index (χ3v) is 3.09. The lowest BCUT2D eigenvalue weighted by molar-refractivity contribution is -0.348. The lowest BCUT2D eigenvalue weighted by atomic mass is 9.97. The highest BCUT2D eigenvalue weighted by atomic mass is 35.5. The number of aryl methyl sites for hydroxylation is 1. The van der Waals surface area contributed by atoms with Crippen LogP contribution in [-0.4, -0.2) is 23.1 Å². The van der Waals surface area contributed by atoms with Crippen LogP contribution in [0.3, 0.4) is 0 Å². The number of alkyl halides is 9. The summed E-state index contributed by atoms with van der Waals surface area (Å²) in [4.78, 5) is 0. The molecule has 1 aromatic rings. The van der Waals surface area contributed by atoms with Gasteiger partial charge in [0.2, 0.25) is 0 Å². The molecule has 0 saturated heterocycles. The van der Waals surface area contributed by atoms with Crippen molar-refractivity contribution in [1.29, 1.82) is 0 Å². The van der Waals surface area contributed by atoms with Crippen LogP contribution in [0.25, 0.3) is 0 Å². The lowest BCUT2D eigenvalue weighted by Crippen LogP contribution is -2.60. The first-order valence-electron chi connectivity index (χ1n) is 5.67. The fourth-order valence-corrected chi connectivity index (χ4v) is 1.64. The molecule has 0 aliphatic carbocycles. The van der Waals surface area contributed by atoms with Crippen molar-refractivity contribution in [1.82, 2.24) is 0 Å². The first kappa shape index (κ1) is 18.9. The van der Waals surface area contributed by atoms with Crippen LogP contribution >= 0.6 is 11.6 Å². The first-order chi connectivity index (χ1) is 9.72. The van der Waals surface area contributed by atoms with E-state index < -0.39 is 41.8 Å². The van der Waals surface area contributed by atoms with Gasteiger partial charge in [-0.1, -0.05) is 12.1 Å². The highest BCUT2D eigenvalue weighted by molar-refractivity contribution is 6.22. The Bertz CT molecular complexity index is 504. The van der Waals surface area contributed by atoms with Crippen LogP contribution in [-0.2, 0) is 6.42 Å². The Balaban J connectivity index is 2.94. The van der Waals surface area contributed by atoms with Crippen LogP contribution in [0.15, 0.2) is 24.3 Å². The van der Waals surface area contributed by atoms with Gasteiger partial charge in [0.1, 0.15) is 5.82 Å². The number of halogens is 10. The summed E-state index contributed by atoms with van der Waals surface area (Å²) in [6, 6.07) is 3.62. The van der Waals surface area contributed by atoms with Crippen LogP contribution < -0.4 is 0 Å². The molecule has 1 aromatic carbocycles. The van der Waals surface area contributed by atoms with Gasteiger partial charge in [0, 0.05) is 6.42 Å². The number of hydrogen-bond acceptors (Lipinski definition) is 0. The van der Waals surface area contributed by atoms with Gasteiger partial charge in [0.15, 0.2) is 0 Å². The predicted octanol–water partition coefficient (Wildman–Crippen LogP) is 5.50. The monoisotopic (exact) mass is 358 g/mol. The maximum atomic E-state index is 13.3. The van der Waals surface area contributed by atoms with E-state index in [1.807, 2.05) is 0 Å². The minimum absolute atomic E-state index is 0.0576. The Morgan fingerprint density at radius 3 is 1.64 bits per heavy atom. The molecule has 0 aromatic heterocycles. The average Bonchev–Trinajstić information content (AvgIpc) is 2.36. The Morgan fingerprint density at radius 2 is 1.23 bits per heavy atom. The van der Waals surface area contributed by atoms with E-state index in [1.165, 1.54) is 0 Å².